The molecule has 1 aromatic heterocycles. The van der Waals surface area contributed by atoms with Gasteiger partial charge in [-0.25, -0.2) is 9.37 Å². The SMILES string of the molecule is O=C(NC1CCN(C(=O)CCc2cccc(F)c2)CC1O)c1cnccn1. The smallest absolute Gasteiger partial charge is 0.271 e. The molecule has 7 nitrogen and oxygen atoms in total. The van der Waals surface area contributed by atoms with Crippen molar-refractivity contribution in [2.75, 3.05) is 13.1 Å². The second-order valence-corrected chi connectivity index (χ2v) is 6.50. The van der Waals surface area contributed by atoms with Crippen LogP contribution in [0, 0.1) is 5.82 Å². The van der Waals surface area contributed by atoms with Gasteiger partial charge in [-0.1, -0.05) is 12.1 Å². The molecular weight excluding hydrogens is 351 g/mol. The zero-order valence-electron chi connectivity index (χ0n) is 14.7. The molecule has 2 unspecified atom stereocenters. The van der Waals surface area contributed by atoms with Crippen molar-refractivity contribution >= 4 is 11.8 Å². The van der Waals surface area contributed by atoms with E-state index < -0.39 is 18.1 Å². The van der Waals surface area contributed by atoms with Gasteiger partial charge in [0.2, 0.25) is 5.91 Å². The molecule has 27 heavy (non-hydrogen) atoms. The highest BCUT2D eigenvalue weighted by molar-refractivity contribution is 5.92. The third-order valence-corrected chi connectivity index (χ3v) is 4.56. The summed E-state index contributed by atoms with van der Waals surface area (Å²) >= 11 is 0. The lowest BCUT2D eigenvalue weighted by Crippen LogP contribution is -2.55. The van der Waals surface area contributed by atoms with Crippen molar-refractivity contribution in [3.05, 3.63) is 59.9 Å². The number of aliphatic hydroxyl groups excluding tert-OH is 1. The Morgan fingerprint density at radius 2 is 2.19 bits per heavy atom. The van der Waals surface area contributed by atoms with Crippen LogP contribution in [0.1, 0.15) is 28.9 Å². The molecule has 0 spiro atoms. The number of likely N-dealkylation sites (tertiary alicyclic amines) is 1. The van der Waals surface area contributed by atoms with Gasteiger partial charge in [-0.3, -0.25) is 14.6 Å². The number of aromatic nitrogens is 2. The molecule has 2 heterocycles. The molecule has 8 heteroatoms. The molecule has 1 fully saturated rings. The summed E-state index contributed by atoms with van der Waals surface area (Å²) in [5, 5.41) is 13.0. The summed E-state index contributed by atoms with van der Waals surface area (Å²) in [6, 6.07) is 5.72. The van der Waals surface area contributed by atoms with E-state index in [0.717, 1.165) is 5.56 Å². The minimum Gasteiger partial charge on any atom is -0.389 e. The number of rotatable bonds is 5. The highest BCUT2D eigenvalue weighted by Gasteiger charge is 2.31. The van der Waals surface area contributed by atoms with Gasteiger partial charge in [0.05, 0.1) is 18.3 Å². The van der Waals surface area contributed by atoms with Crippen LogP contribution in [-0.2, 0) is 11.2 Å². The number of hydrogen-bond acceptors (Lipinski definition) is 5. The van der Waals surface area contributed by atoms with Crippen LogP contribution in [0.4, 0.5) is 4.39 Å². The number of piperidine rings is 1. The monoisotopic (exact) mass is 372 g/mol. The first-order chi connectivity index (χ1) is 13.0. The summed E-state index contributed by atoms with van der Waals surface area (Å²) in [6.07, 6.45) is 4.51. The van der Waals surface area contributed by atoms with Gasteiger partial charge in [0.25, 0.3) is 5.91 Å². The maximum absolute atomic E-state index is 13.2. The van der Waals surface area contributed by atoms with E-state index in [4.69, 9.17) is 0 Å². The van der Waals surface area contributed by atoms with E-state index in [1.165, 1.54) is 30.7 Å². The Bertz CT molecular complexity index is 803. The van der Waals surface area contributed by atoms with Crippen molar-refractivity contribution in [1.82, 2.24) is 20.2 Å². The average Bonchev–Trinajstić information content (AvgIpc) is 2.68. The number of halogens is 1. The summed E-state index contributed by atoms with van der Waals surface area (Å²) in [7, 11) is 0. The van der Waals surface area contributed by atoms with Crippen molar-refractivity contribution in [3.8, 4) is 0 Å². The van der Waals surface area contributed by atoms with Gasteiger partial charge in [0.15, 0.2) is 0 Å². The lowest BCUT2D eigenvalue weighted by atomic mass is 10.0. The number of carbonyl (C=O) groups is 2. The molecule has 1 aliphatic rings. The Kier molecular flexibility index (Phi) is 6.08. The highest BCUT2D eigenvalue weighted by Crippen LogP contribution is 2.14. The number of nitrogens with zero attached hydrogens (tertiary/aromatic N) is 3. The summed E-state index contributed by atoms with van der Waals surface area (Å²) in [5.74, 6) is -0.829. The zero-order chi connectivity index (χ0) is 19.2. The molecule has 0 bridgehead atoms. The van der Waals surface area contributed by atoms with E-state index in [-0.39, 0.29) is 30.4 Å². The van der Waals surface area contributed by atoms with Crippen LogP contribution in [-0.4, -0.2) is 57.0 Å². The van der Waals surface area contributed by atoms with Crippen LogP contribution in [0.15, 0.2) is 42.9 Å². The van der Waals surface area contributed by atoms with E-state index in [1.807, 2.05) is 0 Å². The lowest BCUT2D eigenvalue weighted by Gasteiger charge is -2.36. The number of β-amino-alcohol motifs (C(OH)–C–C–N with tert-alkyl or cyclic N) is 1. The third kappa shape index (κ3) is 5.07. The normalized spacial score (nSPS) is 19.6. The molecule has 0 radical (unpaired) electrons. The molecule has 1 saturated heterocycles. The maximum atomic E-state index is 13.2. The standard InChI is InChI=1S/C19H21FN4O3/c20-14-3-1-2-13(10-14)4-5-18(26)24-9-6-15(17(25)12-24)23-19(27)16-11-21-7-8-22-16/h1-3,7-8,10-11,15,17,25H,4-6,9,12H2,(H,23,27). The fraction of sp³-hybridized carbons (Fsp3) is 0.368. The minimum atomic E-state index is -0.863. The fourth-order valence-electron chi connectivity index (χ4n) is 3.09. The summed E-state index contributed by atoms with van der Waals surface area (Å²) < 4.78 is 13.2. The molecule has 1 aliphatic heterocycles. The second-order valence-electron chi connectivity index (χ2n) is 6.50. The molecule has 2 aromatic rings. The molecule has 1 aromatic carbocycles. The first-order valence-corrected chi connectivity index (χ1v) is 8.80. The Hall–Kier alpha value is -2.87. The summed E-state index contributed by atoms with van der Waals surface area (Å²) in [6.45, 7) is 0.581. The molecule has 2 atom stereocenters. The molecule has 0 aliphatic carbocycles. The largest absolute Gasteiger partial charge is 0.389 e. The predicted molar refractivity (Wildman–Crippen MR) is 95.2 cm³/mol. The number of aliphatic hydroxyl groups is 1. The number of benzene rings is 1. The quantitative estimate of drug-likeness (QED) is 0.815. The van der Waals surface area contributed by atoms with Gasteiger partial charge in [-0.05, 0) is 30.5 Å². The van der Waals surface area contributed by atoms with Crippen LogP contribution >= 0.6 is 0 Å². The minimum absolute atomic E-state index is 0.1000. The molecule has 0 saturated carbocycles. The van der Waals surface area contributed by atoms with Gasteiger partial charge in [0, 0.05) is 31.9 Å². The number of aryl methyl sites for hydroxylation is 1. The van der Waals surface area contributed by atoms with Gasteiger partial charge in [0.1, 0.15) is 11.5 Å². The second kappa shape index (κ2) is 8.68. The van der Waals surface area contributed by atoms with E-state index in [1.54, 1.807) is 17.0 Å². The molecule has 3 rings (SSSR count). The van der Waals surface area contributed by atoms with Crippen LogP contribution in [0.2, 0.25) is 0 Å². The average molecular weight is 372 g/mol. The molecule has 2 amide bonds. The summed E-state index contributed by atoms with van der Waals surface area (Å²) in [4.78, 5) is 33.8. The van der Waals surface area contributed by atoms with Crippen LogP contribution in [0.3, 0.4) is 0 Å². The van der Waals surface area contributed by atoms with Crippen molar-refractivity contribution in [3.63, 3.8) is 0 Å². The van der Waals surface area contributed by atoms with Crippen LogP contribution in [0.5, 0.6) is 0 Å². The van der Waals surface area contributed by atoms with Gasteiger partial charge in [-0.15, -0.1) is 0 Å². The Morgan fingerprint density at radius 1 is 1.33 bits per heavy atom. The van der Waals surface area contributed by atoms with E-state index >= 15 is 0 Å². The number of hydrogen-bond donors (Lipinski definition) is 2. The Labute approximate surface area is 156 Å². The maximum Gasteiger partial charge on any atom is 0.271 e. The molecule has 142 valence electrons. The van der Waals surface area contributed by atoms with E-state index in [0.29, 0.717) is 19.4 Å². The van der Waals surface area contributed by atoms with Crippen molar-refractivity contribution in [1.29, 1.82) is 0 Å². The Balaban J connectivity index is 1.49. The highest BCUT2D eigenvalue weighted by atomic mass is 19.1. The molecular formula is C19H21FN4O3. The van der Waals surface area contributed by atoms with Crippen LogP contribution < -0.4 is 5.32 Å². The van der Waals surface area contributed by atoms with Gasteiger partial charge < -0.3 is 15.3 Å². The van der Waals surface area contributed by atoms with Crippen molar-refractivity contribution in [2.45, 2.75) is 31.4 Å². The number of nitrogens with one attached hydrogen (secondary N) is 1. The van der Waals surface area contributed by atoms with E-state index in [9.17, 15) is 19.1 Å². The third-order valence-electron chi connectivity index (χ3n) is 4.56. The fourth-order valence-corrected chi connectivity index (χ4v) is 3.09. The van der Waals surface area contributed by atoms with E-state index in [2.05, 4.69) is 15.3 Å². The number of carbonyl (C=O) groups excluding carboxylic acids is 2. The number of amides is 2. The predicted octanol–water partition coefficient (Wildman–Crippen LogP) is 0.940. The molecule has 2 N–H and O–H groups in total. The first kappa shape index (κ1) is 18.9. The van der Waals surface area contributed by atoms with Gasteiger partial charge >= 0.3 is 0 Å². The Morgan fingerprint density at radius 3 is 2.89 bits per heavy atom. The first-order valence-electron chi connectivity index (χ1n) is 8.80. The van der Waals surface area contributed by atoms with Crippen molar-refractivity contribution < 1.29 is 19.1 Å². The topological polar surface area (TPSA) is 95.4 Å². The summed E-state index contributed by atoms with van der Waals surface area (Å²) in [5.41, 5.74) is 0.938. The van der Waals surface area contributed by atoms with Gasteiger partial charge in [-0.2, -0.15) is 0 Å². The lowest BCUT2D eigenvalue weighted by molar-refractivity contribution is -0.134. The van der Waals surface area contributed by atoms with Crippen LogP contribution in [0.25, 0.3) is 0 Å². The zero-order valence-corrected chi connectivity index (χ0v) is 14.7. The van der Waals surface area contributed by atoms with Crippen molar-refractivity contribution in [2.24, 2.45) is 0 Å².